The molecule has 96 valence electrons. The Bertz CT molecular complexity index is 702. The summed E-state index contributed by atoms with van der Waals surface area (Å²) < 4.78 is 0. The highest BCUT2D eigenvalue weighted by Crippen LogP contribution is 2.49. The van der Waals surface area contributed by atoms with Gasteiger partial charge in [0, 0.05) is 11.1 Å². The van der Waals surface area contributed by atoms with Crippen LogP contribution in [0.5, 0.6) is 0 Å². The number of hydrogen-bond donors (Lipinski definition) is 2. The fourth-order valence-corrected chi connectivity index (χ4v) is 2.95. The molecule has 3 nitrogen and oxygen atoms in total. The quantitative estimate of drug-likeness (QED) is 0.767. The third kappa shape index (κ3) is 1.48. The van der Waals surface area contributed by atoms with E-state index in [-0.39, 0.29) is 11.0 Å². The van der Waals surface area contributed by atoms with Crippen LogP contribution in [0.15, 0.2) is 36.4 Å². The van der Waals surface area contributed by atoms with Crippen molar-refractivity contribution in [1.82, 2.24) is 0 Å². The zero-order valence-corrected chi connectivity index (χ0v) is 10.9. The van der Waals surface area contributed by atoms with Crippen molar-refractivity contribution >= 4 is 11.7 Å². The Morgan fingerprint density at radius 2 is 1.79 bits per heavy atom. The summed E-state index contributed by atoms with van der Waals surface area (Å²) in [6.07, 6.45) is 0. The van der Waals surface area contributed by atoms with Crippen LogP contribution in [0.1, 0.15) is 35.3 Å². The normalized spacial score (nSPS) is 14.8. The van der Waals surface area contributed by atoms with Gasteiger partial charge >= 0.3 is 5.97 Å². The van der Waals surface area contributed by atoms with E-state index in [4.69, 9.17) is 5.73 Å². The van der Waals surface area contributed by atoms with Gasteiger partial charge in [0.05, 0.1) is 5.56 Å². The van der Waals surface area contributed by atoms with Gasteiger partial charge in [0.1, 0.15) is 0 Å². The zero-order valence-electron chi connectivity index (χ0n) is 10.9. The molecule has 0 spiro atoms. The smallest absolute Gasteiger partial charge is 0.337 e. The SMILES string of the molecule is CC1(C)c2ccccc2-c2cc(C(=O)O)c(N)cc21. The highest BCUT2D eigenvalue weighted by Gasteiger charge is 2.36. The number of carboxylic acid groups (broad SMARTS) is 1. The van der Waals surface area contributed by atoms with Crippen LogP contribution < -0.4 is 5.73 Å². The highest BCUT2D eigenvalue weighted by atomic mass is 16.4. The molecule has 0 amide bonds. The molecule has 0 bridgehead atoms. The number of aromatic carboxylic acids is 1. The summed E-state index contributed by atoms with van der Waals surface area (Å²) in [5.74, 6) is -0.984. The molecule has 0 radical (unpaired) electrons. The standard InChI is InChI=1S/C16H15NO2/c1-16(2)12-6-4-3-5-9(12)10-7-11(15(18)19)14(17)8-13(10)16/h3-8H,17H2,1-2H3,(H,18,19). The molecule has 0 unspecified atom stereocenters. The van der Waals surface area contributed by atoms with Gasteiger partial charge in [0.2, 0.25) is 0 Å². The number of nitrogen functional groups attached to an aromatic ring is 1. The maximum absolute atomic E-state index is 11.2. The average molecular weight is 253 g/mol. The fraction of sp³-hybridized carbons (Fsp3) is 0.188. The van der Waals surface area contributed by atoms with E-state index in [0.717, 1.165) is 16.7 Å². The van der Waals surface area contributed by atoms with Crippen LogP contribution in [-0.2, 0) is 5.41 Å². The van der Waals surface area contributed by atoms with Crippen LogP contribution in [0.25, 0.3) is 11.1 Å². The predicted molar refractivity (Wildman–Crippen MR) is 75.4 cm³/mol. The van der Waals surface area contributed by atoms with Crippen LogP contribution >= 0.6 is 0 Å². The van der Waals surface area contributed by atoms with Gasteiger partial charge in [0.25, 0.3) is 0 Å². The largest absolute Gasteiger partial charge is 0.478 e. The van der Waals surface area contributed by atoms with E-state index >= 15 is 0 Å². The topological polar surface area (TPSA) is 63.3 Å². The molecule has 19 heavy (non-hydrogen) atoms. The summed E-state index contributed by atoms with van der Waals surface area (Å²) in [6.45, 7) is 4.27. The van der Waals surface area contributed by atoms with Crippen molar-refractivity contribution in [1.29, 1.82) is 0 Å². The minimum Gasteiger partial charge on any atom is -0.478 e. The number of nitrogens with two attached hydrogens (primary N) is 1. The second kappa shape index (κ2) is 3.60. The first-order valence-electron chi connectivity index (χ1n) is 6.20. The Kier molecular flexibility index (Phi) is 2.23. The molecule has 0 aromatic heterocycles. The van der Waals surface area contributed by atoms with Crippen LogP contribution in [0, 0.1) is 0 Å². The third-order valence-electron chi connectivity index (χ3n) is 3.98. The second-order valence-corrected chi connectivity index (χ2v) is 5.46. The Morgan fingerprint density at radius 1 is 1.11 bits per heavy atom. The van der Waals surface area contributed by atoms with Crippen LogP contribution in [0.3, 0.4) is 0 Å². The molecule has 1 aliphatic rings. The predicted octanol–water partition coefficient (Wildman–Crippen LogP) is 3.27. The first kappa shape index (κ1) is 11.8. The highest BCUT2D eigenvalue weighted by molar-refractivity contribution is 5.97. The van der Waals surface area contributed by atoms with Crippen molar-refractivity contribution in [2.45, 2.75) is 19.3 Å². The number of fused-ring (bicyclic) bond motifs is 3. The minimum atomic E-state index is -0.984. The van der Waals surface area contributed by atoms with Gasteiger partial charge in [-0.25, -0.2) is 4.79 Å². The molecule has 3 N–H and O–H groups in total. The summed E-state index contributed by atoms with van der Waals surface area (Å²) >= 11 is 0. The van der Waals surface area contributed by atoms with E-state index in [1.807, 2.05) is 18.2 Å². The molecule has 2 aromatic carbocycles. The van der Waals surface area contributed by atoms with Gasteiger partial charge in [0.15, 0.2) is 0 Å². The van der Waals surface area contributed by atoms with Crippen molar-refractivity contribution in [3.05, 3.63) is 53.1 Å². The molecule has 2 aromatic rings. The number of hydrogen-bond acceptors (Lipinski definition) is 2. The number of carboxylic acids is 1. The molecule has 0 heterocycles. The van der Waals surface area contributed by atoms with Gasteiger partial charge in [-0.05, 0) is 34.4 Å². The molecule has 0 atom stereocenters. The zero-order chi connectivity index (χ0) is 13.8. The van der Waals surface area contributed by atoms with Gasteiger partial charge in [-0.1, -0.05) is 38.1 Å². The summed E-state index contributed by atoms with van der Waals surface area (Å²) in [4.78, 5) is 11.2. The number of anilines is 1. The number of rotatable bonds is 1. The van der Waals surface area contributed by atoms with E-state index < -0.39 is 5.97 Å². The number of benzene rings is 2. The van der Waals surface area contributed by atoms with Crippen molar-refractivity contribution in [2.75, 3.05) is 5.73 Å². The van der Waals surface area contributed by atoms with Crippen LogP contribution in [0.2, 0.25) is 0 Å². The van der Waals surface area contributed by atoms with Crippen molar-refractivity contribution in [2.24, 2.45) is 0 Å². The average Bonchev–Trinajstić information content (AvgIpc) is 2.58. The summed E-state index contributed by atoms with van der Waals surface area (Å²) in [5.41, 5.74) is 10.6. The first-order chi connectivity index (χ1) is 8.93. The lowest BCUT2D eigenvalue weighted by Gasteiger charge is -2.21. The van der Waals surface area contributed by atoms with Gasteiger partial charge in [-0.15, -0.1) is 0 Å². The summed E-state index contributed by atoms with van der Waals surface area (Å²) in [5, 5.41) is 9.20. The lowest BCUT2D eigenvalue weighted by Crippen LogP contribution is -2.15. The molecular weight excluding hydrogens is 238 g/mol. The maximum atomic E-state index is 11.2. The maximum Gasteiger partial charge on any atom is 0.337 e. The lowest BCUT2D eigenvalue weighted by atomic mass is 9.82. The van der Waals surface area contributed by atoms with E-state index in [0.29, 0.717) is 5.69 Å². The molecule has 3 rings (SSSR count). The molecule has 0 aliphatic heterocycles. The first-order valence-corrected chi connectivity index (χ1v) is 6.20. The molecule has 3 heteroatoms. The molecular formula is C16H15NO2. The van der Waals surface area contributed by atoms with Crippen molar-refractivity contribution in [3.8, 4) is 11.1 Å². The van der Waals surface area contributed by atoms with E-state index in [1.165, 1.54) is 5.56 Å². The Hall–Kier alpha value is -2.29. The lowest BCUT2D eigenvalue weighted by molar-refractivity contribution is 0.0698. The summed E-state index contributed by atoms with van der Waals surface area (Å²) in [7, 11) is 0. The fourth-order valence-electron chi connectivity index (χ4n) is 2.95. The molecule has 0 fully saturated rings. The second-order valence-electron chi connectivity index (χ2n) is 5.46. The van der Waals surface area contributed by atoms with E-state index in [2.05, 4.69) is 19.9 Å². The Balaban J connectivity index is 2.37. The molecule has 0 saturated carbocycles. The van der Waals surface area contributed by atoms with E-state index in [9.17, 15) is 9.90 Å². The minimum absolute atomic E-state index is 0.142. The molecule has 0 saturated heterocycles. The van der Waals surface area contributed by atoms with E-state index in [1.54, 1.807) is 12.1 Å². The number of carbonyl (C=O) groups is 1. The molecule has 1 aliphatic carbocycles. The van der Waals surface area contributed by atoms with Gasteiger partial charge < -0.3 is 10.8 Å². The van der Waals surface area contributed by atoms with Crippen molar-refractivity contribution in [3.63, 3.8) is 0 Å². The van der Waals surface area contributed by atoms with Crippen molar-refractivity contribution < 1.29 is 9.90 Å². The van der Waals surface area contributed by atoms with Crippen LogP contribution in [0.4, 0.5) is 5.69 Å². The van der Waals surface area contributed by atoms with Crippen LogP contribution in [-0.4, -0.2) is 11.1 Å². The Labute approximate surface area is 111 Å². The monoisotopic (exact) mass is 253 g/mol. The van der Waals surface area contributed by atoms with Gasteiger partial charge in [-0.2, -0.15) is 0 Å². The summed E-state index contributed by atoms with van der Waals surface area (Å²) in [6, 6.07) is 11.6. The third-order valence-corrected chi connectivity index (χ3v) is 3.98. The van der Waals surface area contributed by atoms with Gasteiger partial charge in [-0.3, -0.25) is 0 Å². The Morgan fingerprint density at radius 3 is 2.47 bits per heavy atom.